The standard InChI is InChI=1S/C23H27N5O2S/c1-5-15-28-22(17-7-11-19(12-8-17)27(3)4)25-26-23(28)31-16-21(29)24-18-9-13-20(14-10-18)30-6-2/h5,7-14H,1,6,15-16H2,2-4H3,(H,24,29). The highest BCUT2D eigenvalue weighted by Gasteiger charge is 2.15. The van der Waals surface area contributed by atoms with Gasteiger partial charge in [0.25, 0.3) is 0 Å². The van der Waals surface area contributed by atoms with Crippen molar-refractivity contribution in [3.8, 4) is 17.1 Å². The number of amides is 1. The summed E-state index contributed by atoms with van der Waals surface area (Å²) < 4.78 is 7.38. The summed E-state index contributed by atoms with van der Waals surface area (Å²) in [5, 5.41) is 12.2. The van der Waals surface area contributed by atoms with Crippen LogP contribution in [-0.2, 0) is 11.3 Å². The Morgan fingerprint density at radius 2 is 1.87 bits per heavy atom. The maximum atomic E-state index is 12.4. The zero-order valence-corrected chi connectivity index (χ0v) is 18.9. The maximum absolute atomic E-state index is 12.4. The van der Waals surface area contributed by atoms with Gasteiger partial charge in [-0.3, -0.25) is 9.36 Å². The third-order valence-electron chi connectivity index (χ3n) is 4.45. The number of ether oxygens (including phenoxy) is 1. The number of hydrogen-bond donors (Lipinski definition) is 1. The second-order valence-electron chi connectivity index (χ2n) is 6.94. The highest BCUT2D eigenvalue weighted by molar-refractivity contribution is 7.99. The Bertz CT molecular complexity index is 1010. The quantitative estimate of drug-likeness (QED) is 0.376. The number of nitrogens with one attached hydrogen (secondary N) is 1. The Labute approximate surface area is 187 Å². The van der Waals surface area contributed by atoms with Gasteiger partial charge in [-0.1, -0.05) is 17.8 Å². The molecule has 7 nitrogen and oxygen atoms in total. The minimum atomic E-state index is -0.112. The third-order valence-corrected chi connectivity index (χ3v) is 5.42. The molecule has 3 aromatic rings. The largest absolute Gasteiger partial charge is 0.494 e. The Morgan fingerprint density at radius 3 is 2.48 bits per heavy atom. The van der Waals surface area contributed by atoms with Gasteiger partial charge in [-0.15, -0.1) is 16.8 Å². The molecule has 31 heavy (non-hydrogen) atoms. The second kappa shape index (κ2) is 10.7. The van der Waals surface area contributed by atoms with Crippen LogP contribution in [0.5, 0.6) is 5.75 Å². The van der Waals surface area contributed by atoms with Gasteiger partial charge in [-0.25, -0.2) is 0 Å². The second-order valence-corrected chi connectivity index (χ2v) is 7.88. The fourth-order valence-corrected chi connectivity index (χ4v) is 3.69. The number of nitrogens with zero attached hydrogens (tertiary/aromatic N) is 4. The van der Waals surface area contributed by atoms with E-state index >= 15 is 0 Å². The van der Waals surface area contributed by atoms with Crippen LogP contribution in [-0.4, -0.2) is 47.1 Å². The van der Waals surface area contributed by atoms with Crippen molar-refractivity contribution in [3.05, 3.63) is 61.2 Å². The Balaban J connectivity index is 1.67. The summed E-state index contributed by atoms with van der Waals surface area (Å²) >= 11 is 1.35. The van der Waals surface area contributed by atoms with Gasteiger partial charge in [0.05, 0.1) is 12.4 Å². The van der Waals surface area contributed by atoms with E-state index in [9.17, 15) is 4.79 Å². The van der Waals surface area contributed by atoms with E-state index in [4.69, 9.17) is 4.74 Å². The van der Waals surface area contributed by atoms with Gasteiger partial charge in [-0.05, 0) is 55.5 Å². The van der Waals surface area contributed by atoms with Crippen LogP contribution in [0.25, 0.3) is 11.4 Å². The van der Waals surface area contributed by atoms with Crippen molar-refractivity contribution in [2.45, 2.75) is 18.6 Å². The number of benzene rings is 2. The van der Waals surface area contributed by atoms with Crippen molar-refractivity contribution in [2.24, 2.45) is 0 Å². The highest BCUT2D eigenvalue weighted by Crippen LogP contribution is 2.26. The Hall–Kier alpha value is -3.26. The summed E-state index contributed by atoms with van der Waals surface area (Å²) in [6, 6.07) is 15.4. The molecular weight excluding hydrogens is 410 g/mol. The lowest BCUT2D eigenvalue weighted by Gasteiger charge is -2.13. The molecule has 0 aliphatic heterocycles. The van der Waals surface area contributed by atoms with Crippen molar-refractivity contribution >= 4 is 29.0 Å². The number of anilines is 2. The lowest BCUT2D eigenvalue weighted by molar-refractivity contribution is -0.113. The number of rotatable bonds is 10. The van der Waals surface area contributed by atoms with Gasteiger partial charge in [0.15, 0.2) is 11.0 Å². The van der Waals surface area contributed by atoms with E-state index < -0.39 is 0 Å². The molecule has 0 aliphatic carbocycles. The number of hydrogen-bond acceptors (Lipinski definition) is 6. The summed E-state index contributed by atoms with van der Waals surface area (Å²) in [4.78, 5) is 14.4. The molecule has 162 valence electrons. The molecule has 8 heteroatoms. The molecule has 1 N–H and O–H groups in total. The van der Waals surface area contributed by atoms with Crippen molar-refractivity contribution in [3.63, 3.8) is 0 Å². The van der Waals surface area contributed by atoms with Gasteiger partial charge in [0, 0.05) is 37.6 Å². The predicted molar refractivity (Wildman–Crippen MR) is 127 cm³/mol. The average molecular weight is 438 g/mol. The first-order valence-electron chi connectivity index (χ1n) is 9.99. The van der Waals surface area contributed by atoms with Gasteiger partial charge in [0.2, 0.25) is 5.91 Å². The normalized spacial score (nSPS) is 10.5. The lowest BCUT2D eigenvalue weighted by atomic mass is 10.2. The van der Waals surface area contributed by atoms with Crippen LogP contribution in [0.15, 0.2) is 66.3 Å². The first kappa shape index (κ1) is 22.4. The predicted octanol–water partition coefficient (Wildman–Crippen LogP) is 4.33. The van der Waals surface area contributed by atoms with E-state index in [2.05, 4.69) is 22.1 Å². The zero-order valence-electron chi connectivity index (χ0n) is 18.0. The van der Waals surface area contributed by atoms with E-state index in [1.54, 1.807) is 6.08 Å². The van der Waals surface area contributed by atoms with Crippen LogP contribution in [0.4, 0.5) is 11.4 Å². The van der Waals surface area contributed by atoms with Crippen LogP contribution in [0.2, 0.25) is 0 Å². The number of aromatic nitrogens is 3. The van der Waals surface area contributed by atoms with Crippen LogP contribution >= 0.6 is 11.8 Å². The van der Waals surface area contributed by atoms with E-state index in [1.165, 1.54) is 11.8 Å². The van der Waals surface area contributed by atoms with Crippen LogP contribution in [0.3, 0.4) is 0 Å². The first-order valence-corrected chi connectivity index (χ1v) is 11.0. The molecule has 0 aliphatic rings. The van der Waals surface area contributed by atoms with Crippen LogP contribution in [0.1, 0.15) is 6.92 Å². The van der Waals surface area contributed by atoms with E-state index in [-0.39, 0.29) is 11.7 Å². The third kappa shape index (κ3) is 5.88. The van der Waals surface area contributed by atoms with Gasteiger partial charge in [0.1, 0.15) is 5.75 Å². The molecule has 0 atom stereocenters. The topological polar surface area (TPSA) is 72.3 Å². The molecule has 0 unspecified atom stereocenters. The minimum Gasteiger partial charge on any atom is -0.494 e. The zero-order chi connectivity index (χ0) is 22.2. The molecule has 1 aromatic heterocycles. The summed E-state index contributed by atoms with van der Waals surface area (Å²) in [5.74, 6) is 1.64. The molecule has 0 saturated carbocycles. The summed E-state index contributed by atoms with van der Waals surface area (Å²) in [7, 11) is 4.00. The first-order chi connectivity index (χ1) is 15.0. The monoisotopic (exact) mass is 437 g/mol. The van der Waals surface area contributed by atoms with Crippen molar-refractivity contribution in [1.82, 2.24) is 14.8 Å². The number of thioether (sulfide) groups is 1. The van der Waals surface area contributed by atoms with Crippen LogP contribution < -0.4 is 15.0 Å². The van der Waals surface area contributed by atoms with Gasteiger partial charge < -0.3 is 15.0 Å². The fraction of sp³-hybridized carbons (Fsp3) is 0.261. The molecule has 0 saturated heterocycles. The molecule has 1 amide bonds. The van der Waals surface area contributed by atoms with E-state index in [1.807, 2.05) is 79.0 Å². The molecule has 2 aromatic carbocycles. The maximum Gasteiger partial charge on any atom is 0.234 e. The molecule has 0 bridgehead atoms. The molecule has 3 rings (SSSR count). The summed E-state index contributed by atoms with van der Waals surface area (Å²) in [5.41, 5.74) is 2.80. The Kier molecular flexibility index (Phi) is 7.72. The minimum absolute atomic E-state index is 0.112. The van der Waals surface area contributed by atoms with Gasteiger partial charge in [-0.2, -0.15) is 0 Å². The van der Waals surface area contributed by atoms with Crippen molar-refractivity contribution < 1.29 is 9.53 Å². The molecule has 0 radical (unpaired) electrons. The SMILES string of the molecule is C=CCn1c(SCC(=O)Nc2ccc(OCC)cc2)nnc1-c1ccc(N(C)C)cc1. The van der Waals surface area contributed by atoms with E-state index in [0.717, 1.165) is 28.5 Å². The highest BCUT2D eigenvalue weighted by atomic mass is 32.2. The van der Waals surface area contributed by atoms with E-state index in [0.29, 0.717) is 18.3 Å². The number of carbonyl (C=O) groups excluding carboxylic acids is 1. The smallest absolute Gasteiger partial charge is 0.234 e. The van der Waals surface area contributed by atoms with Crippen molar-refractivity contribution in [1.29, 1.82) is 0 Å². The number of carbonyl (C=O) groups is 1. The van der Waals surface area contributed by atoms with Crippen LogP contribution in [0, 0.1) is 0 Å². The van der Waals surface area contributed by atoms with Crippen molar-refractivity contribution in [2.75, 3.05) is 36.7 Å². The molecule has 1 heterocycles. The fourth-order valence-electron chi connectivity index (χ4n) is 2.94. The molecular formula is C23H27N5O2S. The van der Waals surface area contributed by atoms with Gasteiger partial charge >= 0.3 is 0 Å². The number of allylic oxidation sites excluding steroid dienone is 1. The lowest BCUT2D eigenvalue weighted by Crippen LogP contribution is -2.14. The summed E-state index contributed by atoms with van der Waals surface area (Å²) in [6.07, 6.45) is 1.80. The summed E-state index contributed by atoms with van der Waals surface area (Å²) in [6.45, 7) is 6.93. The average Bonchev–Trinajstić information content (AvgIpc) is 3.17. The molecule has 0 spiro atoms. The molecule has 0 fully saturated rings. The Morgan fingerprint density at radius 1 is 1.16 bits per heavy atom.